The van der Waals surface area contributed by atoms with Gasteiger partial charge in [-0.05, 0) is 24.1 Å². The maximum atomic E-state index is 13.6. The Morgan fingerprint density at radius 2 is 2.12 bits per heavy atom. The molecule has 8 nitrogen and oxygen atoms in total. The number of hydrogen-bond acceptors (Lipinski definition) is 6. The van der Waals surface area contributed by atoms with E-state index in [1.807, 2.05) is 0 Å². The van der Waals surface area contributed by atoms with Crippen molar-refractivity contribution in [1.82, 2.24) is 19.6 Å². The van der Waals surface area contributed by atoms with Crippen molar-refractivity contribution in [2.24, 2.45) is 0 Å². The lowest BCUT2D eigenvalue weighted by Crippen LogP contribution is -2.38. The molecular weight excluding hydrogens is 361 g/mol. The third-order valence-corrected chi connectivity index (χ3v) is 5.57. The van der Waals surface area contributed by atoms with Crippen LogP contribution in [0.4, 0.5) is 10.3 Å². The first kappa shape index (κ1) is 18.2. The number of benzene rings is 1. The van der Waals surface area contributed by atoms with Crippen molar-refractivity contribution in [3.05, 3.63) is 47.5 Å². The van der Waals surface area contributed by atoms with Gasteiger partial charge in [0, 0.05) is 25.7 Å². The summed E-state index contributed by atoms with van der Waals surface area (Å²) in [5, 5.41) is 0. The van der Waals surface area contributed by atoms with Crippen molar-refractivity contribution in [1.29, 1.82) is 0 Å². The molecule has 0 saturated carbocycles. The maximum absolute atomic E-state index is 13.6. The third kappa shape index (κ3) is 3.97. The first-order valence-electron chi connectivity index (χ1n) is 7.99. The molecule has 2 aromatic rings. The summed E-state index contributed by atoms with van der Waals surface area (Å²) in [6, 6.07) is 5.08. The predicted octanol–water partition coefficient (Wildman–Crippen LogP) is 0.451. The van der Waals surface area contributed by atoms with Gasteiger partial charge in [0.2, 0.25) is 21.9 Å². The minimum atomic E-state index is -4.00. The largest absolute Gasteiger partial charge is 0.368 e. The summed E-state index contributed by atoms with van der Waals surface area (Å²) < 4.78 is 40.1. The van der Waals surface area contributed by atoms with E-state index in [2.05, 4.69) is 14.7 Å². The van der Waals surface area contributed by atoms with Crippen LogP contribution in [0.25, 0.3) is 0 Å². The zero-order valence-electron chi connectivity index (χ0n) is 13.9. The van der Waals surface area contributed by atoms with E-state index in [-0.39, 0.29) is 24.8 Å². The summed E-state index contributed by atoms with van der Waals surface area (Å²) in [6.45, 7) is 0.685. The van der Waals surface area contributed by atoms with Crippen molar-refractivity contribution in [2.45, 2.75) is 24.3 Å². The Morgan fingerprint density at radius 3 is 2.88 bits per heavy atom. The van der Waals surface area contributed by atoms with E-state index in [1.165, 1.54) is 18.2 Å². The molecule has 0 unspecified atom stereocenters. The molecule has 1 aromatic carbocycles. The molecule has 0 radical (unpaired) electrons. The van der Waals surface area contributed by atoms with Crippen LogP contribution in [0.1, 0.15) is 17.7 Å². The Labute approximate surface area is 150 Å². The van der Waals surface area contributed by atoms with Gasteiger partial charge in [-0.25, -0.2) is 27.5 Å². The number of hydrogen-bond donors (Lipinski definition) is 2. The van der Waals surface area contributed by atoms with Crippen LogP contribution >= 0.6 is 0 Å². The molecule has 0 aliphatic carbocycles. The highest BCUT2D eigenvalue weighted by Crippen LogP contribution is 2.18. The molecule has 0 atom stereocenters. The number of rotatable bonds is 5. The Kier molecular flexibility index (Phi) is 5.14. The van der Waals surface area contributed by atoms with E-state index in [0.29, 0.717) is 25.2 Å². The number of amides is 1. The smallest absolute Gasteiger partial charge is 0.243 e. The van der Waals surface area contributed by atoms with Crippen molar-refractivity contribution < 1.29 is 17.6 Å². The number of nitrogen functional groups attached to an aromatic ring is 1. The van der Waals surface area contributed by atoms with Crippen molar-refractivity contribution in [3.8, 4) is 0 Å². The predicted molar refractivity (Wildman–Crippen MR) is 91.8 cm³/mol. The number of halogens is 1. The summed E-state index contributed by atoms with van der Waals surface area (Å²) in [5.41, 5.74) is 7.21. The number of nitrogens with one attached hydrogen (secondary N) is 1. The number of carbonyl (C=O) groups is 1. The van der Waals surface area contributed by atoms with Crippen LogP contribution in [-0.2, 0) is 27.8 Å². The normalized spacial score (nSPS) is 14.1. The fourth-order valence-electron chi connectivity index (χ4n) is 2.72. The zero-order valence-corrected chi connectivity index (χ0v) is 14.7. The number of sulfonamides is 1. The summed E-state index contributed by atoms with van der Waals surface area (Å²) >= 11 is 0. The molecule has 0 bridgehead atoms. The van der Waals surface area contributed by atoms with Crippen molar-refractivity contribution in [2.75, 3.05) is 18.8 Å². The highest BCUT2D eigenvalue weighted by molar-refractivity contribution is 7.89. The molecule has 1 aromatic heterocycles. The fraction of sp³-hybridized carbons (Fsp3) is 0.312. The standard InChI is InChI=1S/C16H18FN5O3S/c17-12-3-1-2-4-14(12)26(24,25)20-7-5-15(23)22-8-6-11-9-19-16(18)21-13(11)10-22/h1-4,9,20H,5-8,10H2,(H2,18,19,21). The molecule has 3 rings (SSSR count). The number of nitrogens with zero attached hydrogens (tertiary/aromatic N) is 3. The second kappa shape index (κ2) is 7.34. The zero-order chi connectivity index (χ0) is 18.7. The SMILES string of the molecule is Nc1ncc2c(n1)CN(C(=O)CCNS(=O)(=O)c1ccccc1F)CC2. The lowest BCUT2D eigenvalue weighted by molar-refractivity contribution is -0.132. The van der Waals surface area contributed by atoms with Gasteiger partial charge in [-0.1, -0.05) is 12.1 Å². The summed E-state index contributed by atoms with van der Waals surface area (Å²) in [4.78, 5) is 21.5. The van der Waals surface area contributed by atoms with Gasteiger partial charge in [-0.15, -0.1) is 0 Å². The molecule has 1 amide bonds. The first-order chi connectivity index (χ1) is 12.4. The van der Waals surface area contributed by atoms with Crippen LogP contribution in [0.5, 0.6) is 0 Å². The number of nitrogens with two attached hydrogens (primary N) is 1. The van der Waals surface area contributed by atoms with E-state index in [1.54, 1.807) is 11.1 Å². The van der Waals surface area contributed by atoms with Gasteiger partial charge in [-0.3, -0.25) is 4.79 Å². The molecule has 0 fully saturated rings. The molecular formula is C16H18FN5O3S. The Morgan fingerprint density at radius 1 is 1.35 bits per heavy atom. The van der Waals surface area contributed by atoms with Crippen LogP contribution in [-0.4, -0.2) is 42.3 Å². The number of aromatic nitrogens is 2. The molecule has 138 valence electrons. The lowest BCUT2D eigenvalue weighted by atomic mass is 10.1. The minimum Gasteiger partial charge on any atom is -0.368 e. The van der Waals surface area contributed by atoms with Crippen LogP contribution in [0.3, 0.4) is 0 Å². The average Bonchev–Trinajstić information content (AvgIpc) is 2.61. The minimum absolute atomic E-state index is 0.0381. The van der Waals surface area contributed by atoms with Crippen LogP contribution in [0, 0.1) is 5.82 Å². The Balaban J connectivity index is 1.57. The van der Waals surface area contributed by atoms with Crippen molar-refractivity contribution >= 4 is 21.9 Å². The fourth-order valence-corrected chi connectivity index (χ4v) is 3.83. The topological polar surface area (TPSA) is 118 Å². The number of anilines is 1. The highest BCUT2D eigenvalue weighted by atomic mass is 32.2. The third-order valence-electron chi connectivity index (χ3n) is 4.07. The summed E-state index contributed by atoms with van der Waals surface area (Å²) in [5.74, 6) is -0.906. The van der Waals surface area contributed by atoms with Crippen LogP contribution < -0.4 is 10.5 Å². The van der Waals surface area contributed by atoms with Gasteiger partial charge in [0.15, 0.2) is 0 Å². The molecule has 1 aliphatic rings. The monoisotopic (exact) mass is 379 g/mol. The second-order valence-corrected chi connectivity index (χ2v) is 7.58. The quantitative estimate of drug-likeness (QED) is 0.779. The summed E-state index contributed by atoms with van der Waals surface area (Å²) in [6.07, 6.45) is 2.23. The van der Waals surface area contributed by atoms with Gasteiger partial charge in [0.05, 0.1) is 12.2 Å². The number of carbonyl (C=O) groups excluding carboxylic acids is 1. The Bertz CT molecular complexity index is 935. The van der Waals surface area contributed by atoms with E-state index in [4.69, 9.17) is 5.73 Å². The van der Waals surface area contributed by atoms with Gasteiger partial charge >= 0.3 is 0 Å². The van der Waals surface area contributed by atoms with Gasteiger partial charge in [0.1, 0.15) is 10.7 Å². The second-order valence-electron chi connectivity index (χ2n) is 5.84. The summed E-state index contributed by atoms with van der Waals surface area (Å²) in [7, 11) is -4.00. The van der Waals surface area contributed by atoms with E-state index < -0.39 is 20.7 Å². The van der Waals surface area contributed by atoms with Gasteiger partial charge in [-0.2, -0.15) is 0 Å². The molecule has 0 spiro atoms. The lowest BCUT2D eigenvalue weighted by Gasteiger charge is -2.28. The van der Waals surface area contributed by atoms with Gasteiger partial charge in [0.25, 0.3) is 0 Å². The van der Waals surface area contributed by atoms with E-state index in [9.17, 15) is 17.6 Å². The molecule has 3 N–H and O–H groups in total. The van der Waals surface area contributed by atoms with Crippen molar-refractivity contribution in [3.63, 3.8) is 0 Å². The van der Waals surface area contributed by atoms with Crippen LogP contribution in [0.15, 0.2) is 35.4 Å². The van der Waals surface area contributed by atoms with E-state index in [0.717, 1.165) is 11.6 Å². The first-order valence-corrected chi connectivity index (χ1v) is 9.47. The maximum Gasteiger partial charge on any atom is 0.243 e. The highest BCUT2D eigenvalue weighted by Gasteiger charge is 2.23. The van der Waals surface area contributed by atoms with Crippen LogP contribution in [0.2, 0.25) is 0 Å². The molecule has 26 heavy (non-hydrogen) atoms. The van der Waals surface area contributed by atoms with Gasteiger partial charge < -0.3 is 10.6 Å². The van der Waals surface area contributed by atoms with E-state index >= 15 is 0 Å². The average molecular weight is 379 g/mol. The Hall–Kier alpha value is -2.59. The molecule has 2 heterocycles. The molecule has 1 aliphatic heterocycles. The number of fused-ring (bicyclic) bond motifs is 1. The molecule has 0 saturated heterocycles. The molecule has 10 heteroatoms.